The first-order valence-corrected chi connectivity index (χ1v) is 5.37. The largest absolute Gasteiger partial charge is 0.468 e. The van der Waals surface area contributed by atoms with Crippen molar-refractivity contribution in [1.29, 1.82) is 0 Å². The lowest BCUT2D eigenvalue weighted by atomic mass is 10.1. The molecule has 0 heterocycles. The number of allylic oxidation sites excluding steroid dienone is 1. The van der Waals surface area contributed by atoms with Gasteiger partial charge in [-0.25, -0.2) is 4.39 Å². The van der Waals surface area contributed by atoms with Gasteiger partial charge in [-0.3, -0.25) is 9.79 Å². The third-order valence-electron chi connectivity index (χ3n) is 2.13. The number of nitrogens with two attached hydrogens (primary N) is 1. The van der Waals surface area contributed by atoms with Crippen molar-refractivity contribution in [3.8, 4) is 0 Å². The number of amidine groups is 1. The minimum Gasteiger partial charge on any atom is -0.468 e. The normalized spacial score (nSPS) is 14.6. The number of halogens is 1. The van der Waals surface area contributed by atoms with Gasteiger partial charge in [0.1, 0.15) is 11.9 Å². The van der Waals surface area contributed by atoms with Crippen LogP contribution < -0.4 is 11.1 Å². The molecule has 6 heteroatoms. The Bertz CT molecular complexity index is 299. The second kappa shape index (κ2) is 8.69. The van der Waals surface area contributed by atoms with Crippen molar-refractivity contribution >= 4 is 11.8 Å². The van der Waals surface area contributed by atoms with E-state index in [4.69, 9.17) is 5.73 Å². The molecule has 0 aromatic carbocycles. The number of rotatable bonds is 7. The van der Waals surface area contributed by atoms with Crippen molar-refractivity contribution in [2.45, 2.75) is 25.8 Å². The number of carbonyl (C=O) groups is 1. The van der Waals surface area contributed by atoms with E-state index < -0.39 is 6.04 Å². The molecule has 0 saturated heterocycles. The zero-order valence-electron chi connectivity index (χ0n) is 10.5. The quantitative estimate of drug-likeness (QED) is 0.394. The first kappa shape index (κ1) is 15.6. The number of methoxy groups -OCH3 is 1. The van der Waals surface area contributed by atoms with Gasteiger partial charge in [-0.1, -0.05) is 6.08 Å². The van der Waals surface area contributed by atoms with E-state index in [0.29, 0.717) is 18.7 Å². The third kappa shape index (κ3) is 7.46. The first-order chi connectivity index (χ1) is 8.01. The van der Waals surface area contributed by atoms with Gasteiger partial charge in [0.2, 0.25) is 0 Å². The van der Waals surface area contributed by atoms with Crippen LogP contribution >= 0.6 is 0 Å². The van der Waals surface area contributed by atoms with Crippen molar-refractivity contribution in [2.75, 3.05) is 20.7 Å². The van der Waals surface area contributed by atoms with Gasteiger partial charge in [0, 0.05) is 0 Å². The third-order valence-corrected chi connectivity index (χ3v) is 2.13. The number of aliphatic imine (C=N–C) groups is 1. The molecule has 3 N–H and O–H groups in total. The highest BCUT2D eigenvalue weighted by Gasteiger charge is 2.15. The summed E-state index contributed by atoms with van der Waals surface area (Å²) in [6.07, 6.45) is 2.31. The lowest BCUT2D eigenvalue weighted by Crippen LogP contribution is -2.34. The molecule has 0 radical (unpaired) electrons. The van der Waals surface area contributed by atoms with E-state index in [2.05, 4.69) is 15.0 Å². The highest BCUT2D eigenvalue weighted by atomic mass is 19.1. The standard InChI is InChI=1S/C11H20FN3O2/c1-8(13)15-7-9(12)5-4-6-10(14-2)11(16)17-3/h5,10,14H,4,6-7H2,1-3H3,(H2,13,15)/b9-5+/t10-/m0/s1. The molecule has 0 aliphatic rings. The Hall–Kier alpha value is -1.43. The van der Waals surface area contributed by atoms with Crippen LogP contribution in [0.15, 0.2) is 16.9 Å². The van der Waals surface area contributed by atoms with E-state index in [9.17, 15) is 9.18 Å². The molecule has 0 saturated carbocycles. The molecular weight excluding hydrogens is 225 g/mol. The molecule has 0 aliphatic heterocycles. The zero-order chi connectivity index (χ0) is 13.3. The van der Waals surface area contributed by atoms with Crippen LogP contribution in [0.4, 0.5) is 4.39 Å². The van der Waals surface area contributed by atoms with Crippen molar-refractivity contribution in [3.63, 3.8) is 0 Å². The maximum atomic E-state index is 13.2. The molecule has 0 spiro atoms. The van der Waals surface area contributed by atoms with E-state index in [0.717, 1.165) is 0 Å². The SMILES string of the molecule is CN[C@@H](CC/C=C(/F)CN=C(C)N)C(=O)OC. The van der Waals surface area contributed by atoms with Gasteiger partial charge >= 0.3 is 5.97 Å². The fraction of sp³-hybridized carbons (Fsp3) is 0.636. The molecule has 0 fully saturated rings. The average Bonchev–Trinajstić information content (AvgIpc) is 2.31. The lowest BCUT2D eigenvalue weighted by Gasteiger charge is -2.11. The summed E-state index contributed by atoms with van der Waals surface area (Å²) in [5.41, 5.74) is 5.28. The van der Waals surface area contributed by atoms with E-state index in [1.165, 1.54) is 13.2 Å². The molecule has 0 aromatic rings. The molecular formula is C11H20FN3O2. The molecule has 0 amide bonds. The van der Waals surface area contributed by atoms with Gasteiger partial charge in [-0.05, 0) is 26.8 Å². The van der Waals surface area contributed by atoms with E-state index >= 15 is 0 Å². The number of ether oxygens (including phenoxy) is 1. The van der Waals surface area contributed by atoms with Gasteiger partial charge < -0.3 is 15.8 Å². The Labute approximate surface area is 101 Å². The number of hydrogen-bond acceptors (Lipinski definition) is 4. The van der Waals surface area contributed by atoms with Crippen LogP contribution in [0.3, 0.4) is 0 Å². The minimum absolute atomic E-state index is 0.0508. The Kier molecular flexibility index (Phi) is 7.96. The lowest BCUT2D eigenvalue weighted by molar-refractivity contribution is -0.143. The molecule has 0 rings (SSSR count). The van der Waals surface area contributed by atoms with Gasteiger partial charge in [0.05, 0.1) is 19.5 Å². The smallest absolute Gasteiger partial charge is 0.322 e. The van der Waals surface area contributed by atoms with Crippen molar-refractivity contribution in [2.24, 2.45) is 10.7 Å². The number of nitrogens with one attached hydrogen (secondary N) is 1. The molecule has 0 unspecified atom stereocenters. The highest BCUT2D eigenvalue weighted by molar-refractivity contribution is 5.77. The minimum atomic E-state index is -0.413. The summed E-state index contributed by atoms with van der Waals surface area (Å²) in [7, 11) is 2.98. The van der Waals surface area contributed by atoms with Crippen LogP contribution in [0, 0.1) is 0 Å². The summed E-state index contributed by atoms with van der Waals surface area (Å²) < 4.78 is 17.7. The molecule has 1 atom stereocenters. The van der Waals surface area contributed by atoms with Crippen LogP contribution in [-0.2, 0) is 9.53 Å². The molecule has 0 bridgehead atoms. The van der Waals surface area contributed by atoms with Crippen LogP contribution in [0.25, 0.3) is 0 Å². The fourth-order valence-electron chi connectivity index (χ4n) is 1.19. The molecule has 98 valence electrons. The second-order valence-corrected chi connectivity index (χ2v) is 3.55. The van der Waals surface area contributed by atoms with Crippen LogP contribution in [0.5, 0.6) is 0 Å². The monoisotopic (exact) mass is 245 g/mol. The Morgan fingerprint density at radius 3 is 2.76 bits per heavy atom. The first-order valence-electron chi connectivity index (χ1n) is 5.37. The fourth-order valence-corrected chi connectivity index (χ4v) is 1.19. The van der Waals surface area contributed by atoms with Crippen LogP contribution in [-0.4, -0.2) is 38.5 Å². The van der Waals surface area contributed by atoms with Crippen molar-refractivity contribution in [1.82, 2.24) is 5.32 Å². The summed E-state index contributed by atoms with van der Waals surface area (Å²) in [5, 5.41) is 2.80. The number of likely N-dealkylation sites (N-methyl/N-ethyl adjacent to an activating group) is 1. The summed E-state index contributed by atoms with van der Waals surface area (Å²) in [6.45, 7) is 1.55. The van der Waals surface area contributed by atoms with E-state index in [-0.39, 0.29) is 18.3 Å². The predicted octanol–water partition coefficient (Wildman–Crippen LogP) is 0.758. The van der Waals surface area contributed by atoms with Gasteiger partial charge in [0.25, 0.3) is 0 Å². The number of carbonyl (C=O) groups excluding carboxylic acids is 1. The summed E-state index contributed by atoms with van der Waals surface area (Å²) in [4.78, 5) is 14.9. The topological polar surface area (TPSA) is 76.7 Å². The summed E-state index contributed by atoms with van der Waals surface area (Å²) in [6, 6.07) is -0.413. The molecule has 5 nitrogen and oxygen atoms in total. The predicted molar refractivity (Wildman–Crippen MR) is 65.5 cm³/mol. The highest BCUT2D eigenvalue weighted by Crippen LogP contribution is 2.05. The van der Waals surface area contributed by atoms with Gasteiger partial charge in [-0.15, -0.1) is 0 Å². The molecule has 17 heavy (non-hydrogen) atoms. The molecule has 0 aromatic heterocycles. The second-order valence-electron chi connectivity index (χ2n) is 3.55. The number of nitrogens with zero attached hydrogens (tertiary/aromatic N) is 1. The Balaban J connectivity index is 4.06. The summed E-state index contributed by atoms with van der Waals surface area (Å²) in [5.74, 6) is -0.358. The van der Waals surface area contributed by atoms with Crippen molar-refractivity contribution < 1.29 is 13.9 Å². The maximum absolute atomic E-state index is 13.2. The summed E-state index contributed by atoms with van der Waals surface area (Å²) >= 11 is 0. The average molecular weight is 245 g/mol. The number of hydrogen-bond donors (Lipinski definition) is 2. The van der Waals surface area contributed by atoms with Gasteiger partial charge in [-0.2, -0.15) is 0 Å². The Morgan fingerprint density at radius 1 is 1.65 bits per heavy atom. The zero-order valence-corrected chi connectivity index (χ0v) is 10.5. The van der Waals surface area contributed by atoms with Crippen molar-refractivity contribution in [3.05, 3.63) is 11.9 Å². The van der Waals surface area contributed by atoms with Gasteiger partial charge in [0.15, 0.2) is 0 Å². The van der Waals surface area contributed by atoms with Crippen LogP contribution in [0.2, 0.25) is 0 Å². The molecule has 0 aliphatic carbocycles. The maximum Gasteiger partial charge on any atom is 0.322 e. The Morgan fingerprint density at radius 2 is 2.29 bits per heavy atom. The van der Waals surface area contributed by atoms with E-state index in [1.807, 2.05) is 0 Å². The van der Waals surface area contributed by atoms with E-state index in [1.54, 1.807) is 14.0 Å². The number of esters is 1. The van der Waals surface area contributed by atoms with Crippen LogP contribution in [0.1, 0.15) is 19.8 Å².